The lowest BCUT2D eigenvalue weighted by Crippen LogP contribution is -2.16. The first-order valence-electron chi connectivity index (χ1n) is 7.09. The Morgan fingerprint density at radius 2 is 2.00 bits per heavy atom. The van der Waals surface area contributed by atoms with Crippen molar-refractivity contribution in [2.75, 3.05) is 5.75 Å². The summed E-state index contributed by atoms with van der Waals surface area (Å²) >= 11 is 5.28. The Balaban J connectivity index is 1.94. The SMILES string of the molecule is CCc1nn(C)c(CC(O)CSc2ccc(C)cc2)c1Br. The van der Waals surface area contributed by atoms with Crippen molar-refractivity contribution in [2.24, 2.45) is 7.05 Å². The fraction of sp³-hybridized carbons (Fsp3) is 0.438. The zero-order valence-corrected chi connectivity index (χ0v) is 15.0. The van der Waals surface area contributed by atoms with Crippen molar-refractivity contribution in [2.45, 2.75) is 37.7 Å². The zero-order chi connectivity index (χ0) is 15.4. The van der Waals surface area contributed by atoms with E-state index in [0.717, 1.165) is 22.3 Å². The summed E-state index contributed by atoms with van der Waals surface area (Å²) in [7, 11) is 1.93. The smallest absolute Gasteiger partial charge is 0.0766 e. The Morgan fingerprint density at radius 1 is 1.33 bits per heavy atom. The van der Waals surface area contributed by atoms with Crippen LogP contribution >= 0.6 is 27.7 Å². The van der Waals surface area contributed by atoms with Gasteiger partial charge in [0.15, 0.2) is 0 Å². The number of aliphatic hydroxyl groups excluding tert-OH is 1. The van der Waals surface area contributed by atoms with Gasteiger partial charge < -0.3 is 5.11 Å². The van der Waals surface area contributed by atoms with Gasteiger partial charge in [-0.2, -0.15) is 5.10 Å². The van der Waals surface area contributed by atoms with Gasteiger partial charge >= 0.3 is 0 Å². The molecule has 1 heterocycles. The van der Waals surface area contributed by atoms with Crippen molar-refractivity contribution in [1.29, 1.82) is 0 Å². The Hall–Kier alpha value is -0.780. The van der Waals surface area contributed by atoms with Crippen LogP contribution in [0.15, 0.2) is 33.6 Å². The van der Waals surface area contributed by atoms with Gasteiger partial charge in [0.2, 0.25) is 0 Å². The summed E-state index contributed by atoms with van der Waals surface area (Å²) in [6.07, 6.45) is 1.12. The summed E-state index contributed by atoms with van der Waals surface area (Å²) < 4.78 is 2.90. The topological polar surface area (TPSA) is 38.0 Å². The minimum atomic E-state index is -0.382. The van der Waals surface area contributed by atoms with Gasteiger partial charge in [0.05, 0.1) is 22.0 Å². The quantitative estimate of drug-likeness (QED) is 0.789. The molecule has 1 aromatic carbocycles. The number of halogens is 1. The lowest BCUT2D eigenvalue weighted by molar-refractivity contribution is 0.197. The molecular formula is C16H21BrN2OS. The molecule has 21 heavy (non-hydrogen) atoms. The summed E-state index contributed by atoms with van der Waals surface area (Å²) in [5, 5.41) is 14.7. The van der Waals surface area contributed by atoms with Crippen LogP contribution in [-0.2, 0) is 19.9 Å². The van der Waals surface area contributed by atoms with Crippen LogP contribution in [0.2, 0.25) is 0 Å². The molecule has 0 fully saturated rings. The van der Waals surface area contributed by atoms with Crippen LogP contribution in [0, 0.1) is 6.92 Å². The van der Waals surface area contributed by atoms with E-state index in [0.29, 0.717) is 12.2 Å². The number of aliphatic hydroxyl groups is 1. The van der Waals surface area contributed by atoms with Gasteiger partial charge in [-0.25, -0.2) is 0 Å². The largest absolute Gasteiger partial charge is 0.392 e. The highest BCUT2D eigenvalue weighted by Crippen LogP contribution is 2.25. The van der Waals surface area contributed by atoms with Crippen LogP contribution in [0.5, 0.6) is 0 Å². The van der Waals surface area contributed by atoms with E-state index in [1.807, 2.05) is 11.7 Å². The van der Waals surface area contributed by atoms with E-state index in [9.17, 15) is 5.11 Å². The Morgan fingerprint density at radius 3 is 2.57 bits per heavy atom. The van der Waals surface area contributed by atoms with E-state index in [1.54, 1.807) is 11.8 Å². The molecule has 1 aromatic heterocycles. The van der Waals surface area contributed by atoms with E-state index in [1.165, 1.54) is 10.5 Å². The molecule has 0 saturated heterocycles. The van der Waals surface area contributed by atoms with Crippen LogP contribution < -0.4 is 0 Å². The second kappa shape index (κ2) is 7.47. The summed E-state index contributed by atoms with van der Waals surface area (Å²) in [6, 6.07) is 8.39. The van der Waals surface area contributed by atoms with Crippen LogP contribution in [0.3, 0.4) is 0 Å². The fourth-order valence-electron chi connectivity index (χ4n) is 2.15. The molecule has 2 rings (SSSR count). The first kappa shape index (κ1) is 16.6. The Kier molecular flexibility index (Phi) is 5.90. The minimum Gasteiger partial charge on any atom is -0.392 e. The number of aromatic nitrogens is 2. The standard InChI is InChI=1S/C16H21BrN2OS/c1-4-14-16(17)15(19(3)18-14)9-12(20)10-21-13-7-5-11(2)6-8-13/h5-8,12,20H,4,9-10H2,1-3H3. The van der Waals surface area contributed by atoms with Gasteiger partial charge in [-0.3, -0.25) is 4.68 Å². The molecule has 3 nitrogen and oxygen atoms in total. The molecule has 0 aliphatic heterocycles. The van der Waals surface area contributed by atoms with E-state index >= 15 is 0 Å². The van der Waals surface area contributed by atoms with Crippen molar-refractivity contribution in [3.05, 3.63) is 45.7 Å². The normalized spacial score (nSPS) is 12.6. The molecule has 0 aliphatic carbocycles. The maximum Gasteiger partial charge on any atom is 0.0766 e. The molecule has 1 atom stereocenters. The van der Waals surface area contributed by atoms with Gasteiger partial charge in [0.1, 0.15) is 0 Å². The second-order valence-corrected chi connectivity index (χ2v) is 7.05. The summed E-state index contributed by atoms with van der Waals surface area (Å²) in [4.78, 5) is 1.19. The predicted molar refractivity (Wildman–Crippen MR) is 91.9 cm³/mol. The molecule has 2 aromatic rings. The third kappa shape index (κ3) is 4.34. The van der Waals surface area contributed by atoms with Gasteiger partial charge in [0, 0.05) is 24.1 Å². The molecule has 5 heteroatoms. The molecule has 114 valence electrons. The molecule has 0 spiro atoms. The average molecular weight is 369 g/mol. The maximum atomic E-state index is 10.3. The first-order chi connectivity index (χ1) is 10.0. The monoisotopic (exact) mass is 368 g/mol. The maximum absolute atomic E-state index is 10.3. The summed E-state index contributed by atoms with van der Waals surface area (Å²) in [5.41, 5.74) is 3.36. The number of nitrogens with zero attached hydrogens (tertiary/aromatic N) is 2. The molecule has 1 N–H and O–H groups in total. The molecule has 0 saturated carbocycles. The average Bonchev–Trinajstić information content (AvgIpc) is 2.74. The number of benzene rings is 1. The van der Waals surface area contributed by atoms with Crippen molar-refractivity contribution >= 4 is 27.7 Å². The second-order valence-electron chi connectivity index (χ2n) is 5.17. The molecule has 0 bridgehead atoms. The number of rotatable bonds is 6. The van der Waals surface area contributed by atoms with Crippen LogP contribution in [0.1, 0.15) is 23.9 Å². The van der Waals surface area contributed by atoms with Crippen molar-refractivity contribution in [1.82, 2.24) is 9.78 Å². The van der Waals surface area contributed by atoms with Crippen LogP contribution in [0.25, 0.3) is 0 Å². The lowest BCUT2D eigenvalue weighted by Gasteiger charge is -2.11. The number of hydrogen-bond acceptors (Lipinski definition) is 3. The van der Waals surface area contributed by atoms with Crippen molar-refractivity contribution in [3.8, 4) is 0 Å². The van der Waals surface area contributed by atoms with E-state index < -0.39 is 0 Å². The van der Waals surface area contributed by atoms with Gasteiger partial charge in [-0.1, -0.05) is 24.6 Å². The Labute approximate surface area is 138 Å². The van der Waals surface area contributed by atoms with E-state index in [2.05, 4.69) is 59.1 Å². The third-order valence-corrected chi connectivity index (χ3v) is 5.47. The molecule has 0 radical (unpaired) electrons. The van der Waals surface area contributed by atoms with Gasteiger partial charge in [-0.15, -0.1) is 11.8 Å². The fourth-order valence-corrected chi connectivity index (χ4v) is 3.76. The lowest BCUT2D eigenvalue weighted by atomic mass is 10.2. The minimum absolute atomic E-state index is 0.382. The number of aryl methyl sites for hydroxylation is 3. The highest BCUT2D eigenvalue weighted by molar-refractivity contribution is 9.10. The van der Waals surface area contributed by atoms with E-state index in [4.69, 9.17) is 0 Å². The Bertz CT molecular complexity index is 595. The zero-order valence-electron chi connectivity index (χ0n) is 12.6. The molecule has 0 amide bonds. The predicted octanol–water partition coefficient (Wildman–Crippen LogP) is 3.75. The van der Waals surface area contributed by atoms with E-state index in [-0.39, 0.29) is 6.10 Å². The van der Waals surface area contributed by atoms with Crippen LogP contribution in [-0.4, -0.2) is 26.7 Å². The number of hydrogen-bond donors (Lipinski definition) is 1. The highest BCUT2D eigenvalue weighted by atomic mass is 79.9. The van der Waals surface area contributed by atoms with Crippen LogP contribution in [0.4, 0.5) is 0 Å². The summed E-state index contributed by atoms with van der Waals surface area (Å²) in [6.45, 7) is 4.16. The van der Waals surface area contributed by atoms with Gasteiger partial charge in [-0.05, 0) is 41.4 Å². The third-order valence-electron chi connectivity index (χ3n) is 3.40. The molecular weight excluding hydrogens is 348 g/mol. The van der Waals surface area contributed by atoms with Crippen molar-refractivity contribution < 1.29 is 5.11 Å². The molecule has 1 unspecified atom stereocenters. The first-order valence-corrected chi connectivity index (χ1v) is 8.87. The van der Waals surface area contributed by atoms with Crippen molar-refractivity contribution in [3.63, 3.8) is 0 Å². The highest BCUT2D eigenvalue weighted by Gasteiger charge is 2.16. The van der Waals surface area contributed by atoms with Gasteiger partial charge in [0.25, 0.3) is 0 Å². The molecule has 0 aliphatic rings. The summed E-state index contributed by atoms with van der Waals surface area (Å²) in [5.74, 6) is 0.683. The number of thioether (sulfide) groups is 1.